The van der Waals surface area contributed by atoms with Crippen LogP contribution < -0.4 is 10.1 Å². The van der Waals surface area contributed by atoms with E-state index in [1.807, 2.05) is 72.8 Å². The van der Waals surface area contributed by atoms with Gasteiger partial charge in [-0.25, -0.2) is 0 Å². The number of hydrogen-bond acceptors (Lipinski definition) is 3. The van der Waals surface area contributed by atoms with Crippen molar-refractivity contribution < 1.29 is 9.53 Å². The molecule has 0 radical (unpaired) electrons. The molecule has 1 N–H and O–H groups in total. The molecule has 0 unspecified atom stereocenters. The molecule has 5 heteroatoms. The maximum absolute atomic E-state index is 12.4. The summed E-state index contributed by atoms with van der Waals surface area (Å²) in [6.45, 7) is 0. The van der Waals surface area contributed by atoms with E-state index in [0.29, 0.717) is 17.0 Å². The third-order valence-corrected chi connectivity index (χ3v) is 5.13. The van der Waals surface area contributed by atoms with Gasteiger partial charge >= 0.3 is 0 Å². The van der Waals surface area contributed by atoms with Gasteiger partial charge in [0.05, 0.1) is 12.8 Å². The third kappa shape index (κ3) is 4.81. The van der Waals surface area contributed by atoms with Crippen LogP contribution >= 0.6 is 23.4 Å². The molecule has 0 atom stereocenters. The number of halogens is 1. The second-order valence-corrected chi connectivity index (χ2v) is 7.08. The minimum Gasteiger partial charge on any atom is -0.495 e. The first kappa shape index (κ1) is 18.4. The van der Waals surface area contributed by atoms with Gasteiger partial charge in [0.2, 0.25) is 0 Å². The molecule has 0 saturated heterocycles. The summed E-state index contributed by atoms with van der Waals surface area (Å²) < 4.78 is 5.26. The summed E-state index contributed by atoms with van der Waals surface area (Å²) in [5.41, 5.74) is 2.41. The molecule has 26 heavy (non-hydrogen) atoms. The topological polar surface area (TPSA) is 38.3 Å². The highest BCUT2D eigenvalue weighted by Gasteiger charge is 2.09. The van der Waals surface area contributed by atoms with E-state index in [1.54, 1.807) is 18.9 Å². The predicted octanol–water partition coefficient (Wildman–Crippen LogP) is 5.89. The molecular weight excluding hydrogens is 366 g/mol. The number of amides is 1. The molecule has 3 rings (SSSR count). The van der Waals surface area contributed by atoms with Crippen LogP contribution in [0.15, 0.2) is 77.7 Å². The van der Waals surface area contributed by atoms with E-state index in [2.05, 4.69) is 5.32 Å². The maximum Gasteiger partial charge on any atom is 0.255 e. The van der Waals surface area contributed by atoms with Gasteiger partial charge in [0.1, 0.15) is 5.75 Å². The summed E-state index contributed by atoms with van der Waals surface area (Å²) in [4.78, 5) is 13.6. The molecule has 3 nitrogen and oxygen atoms in total. The van der Waals surface area contributed by atoms with Gasteiger partial charge in [0.15, 0.2) is 0 Å². The van der Waals surface area contributed by atoms with Gasteiger partial charge in [-0.2, -0.15) is 0 Å². The lowest BCUT2D eigenvalue weighted by Crippen LogP contribution is -2.12. The van der Waals surface area contributed by atoms with E-state index < -0.39 is 0 Å². The van der Waals surface area contributed by atoms with E-state index in [0.717, 1.165) is 21.2 Å². The Bertz CT molecular complexity index is 879. The average molecular weight is 384 g/mol. The lowest BCUT2D eigenvalue weighted by Gasteiger charge is -2.10. The zero-order chi connectivity index (χ0) is 18.4. The van der Waals surface area contributed by atoms with Crippen LogP contribution in [0.4, 0.5) is 5.69 Å². The SMILES string of the molecule is COc1ccccc1NC(=O)c1ccc(CSc2ccc(Cl)cc2)cc1. The third-order valence-electron chi connectivity index (χ3n) is 3.79. The van der Waals surface area contributed by atoms with Crippen LogP contribution in [0.25, 0.3) is 0 Å². The quantitative estimate of drug-likeness (QED) is 0.539. The highest BCUT2D eigenvalue weighted by molar-refractivity contribution is 7.98. The van der Waals surface area contributed by atoms with Crippen molar-refractivity contribution in [1.82, 2.24) is 0 Å². The van der Waals surface area contributed by atoms with Gasteiger partial charge in [0.25, 0.3) is 5.91 Å². The molecule has 0 spiro atoms. The van der Waals surface area contributed by atoms with Crippen molar-refractivity contribution in [3.63, 3.8) is 0 Å². The van der Waals surface area contributed by atoms with Crippen LogP contribution in [0.3, 0.4) is 0 Å². The van der Waals surface area contributed by atoms with Crippen LogP contribution in [0.1, 0.15) is 15.9 Å². The molecular formula is C21H18ClNO2S. The lowest BCUT2D eigenvalue weighted by molar-refractivity contribution is 0.102. The smallest absolute Gasteiger partial charge is 0.255 e. The van der Waals surface area contributed by atoms with Crippen molar-refractivity contribution in [3.05, 3.63) is 88.9 Å². The predicted molar refractivity (Wildman–Crippen MR) is 108 cm³/mol. The van der Waals surface area contributed by atoms with Crippen LogP contribution in [0.2, 0.25) is 5.02 Å². The first-order valence-corrected chi connectivity index (χ1v) is 9.44. The molecule has 3 aromatic carbocycles. The monoisotopic (exact) mass is 383 g/mol. The molecule has 0 aliphatic rings. The number of hydrogen-bond donors (Lipinski definition) is 1. The van der Waals surface area contributed by atoms with Crippen molar-refractivity contribution in [2.75, 3.05) is 12.4 Å². The molecule has 1 amide bonds. The van der Waals surface area contributed by atoms with E-state index in [-0.39, 0.29) is 5.91 Å². The van der Waals surface area contributed by atoms with Crippen molar-refractivity contribution in [2.24, 2.45) is 0 Å². The number of benzene rings is 3. The number of ether oxygens (including phenoxy) is 1. The minimum absolute atomic E-state index is 0.161. The van der Waals surface area contributed by atoms with Crippen molar-refractivity contribution in [2.45, 2.75) is 10.6 Å². The first-order valence-electron chi connectivity index (χ1n) is 8.07. The second-order valence-electron chi connectivity index (χ2n) is 5.59. The Morgan fingerprint density at radius 3 is 2.38 bits per heavy atom. The molecule has 0 aliphatic carbocycles. The van der Waals surface area contributed by atoms with Crippen molar-refractivity contribution in [1.29, 1.82) is 0 Å². The molecule has 132 valence electrons. The fraction of sp³-hybridized carbons (Fsp3) is 0.0952. The number of thioether (sulfide) groups is 1. The number of rotatable bonds is 6. The number of anilines is 1. The van der Waals surface area contributed by atoms with Gasteiger partial charge in [0, 0.05) is 21.2 Å². The summed E-state index contributed by atoms with van der Waals surface area (Å²) in [6, 6.07) is 22.7. The Kier molecular flexibility index (Phi) is 6.21. The fourth-order valence-corrected chi connectivity index (χ4v) is 3.37. The van der Waals surface area contributed by atoms with Crippen molar-refractivity contribution >= 4 is 35.0 Å². The highest BCUT2D eigenvalue weighted by Crippen LogP contribution is 2.25. The minimum atomic E-state index is -0.161. The molecule has 3 aromatic rings. The zero-order valence-electron chi connectivity index (χ0n) is 14.2. The van der Waals surface area contributed by atoms with Gasteiger partial charge in [-0.15, -0.1) is 11.8 Å². The first-order chi connectivity index (χ1) is 12.7. The summed E-state index contributed by atoms with van der Waals surface area (Å²) in [6.07, 6.45) is 0. The summed E-state index contributed by atoms with van der Waals surface area (Å²) in [5.74, 6) is 1.30. The van der Waals surface area contributed by atoms with Gasteiger partial charge < -0.3 is 10.1 Å². The number of methoxy groups -OCH3 is 1. The van der Waals surface area contributed by atoms with E-state index in [9.17, 15) is 4.79 Å². The number of nitrogens with one attached hydrogen (secondary N) is 1. The molecule has 0 aromatic heterocycles. The second kappa shape index (κ2) is 8.79. The molecule has 0 saturated carbocycles. The number of para-hydroxylation sites is 2. The van der Waals surface area contributed by atoms with Gasteiger partial charge in [-0.1, -0.05) is 35.9 Å². The van der Waals surface area contributed by atoms with Crippen LogP contribution in [0, 0.1) is 0 Å². The molecule has 0 bridgehead atoms. The molecule has 0 fully saturated rings. The summed E-state index contributed by atoms with van der Waals surface area (Å²) >= 11 is 7.63. The standard InChI is InChI=1S/C21H18ClNO2S/c1-25-20-5-3-2-4-19(20)23-21(24)16-8-6-15(7-9-16)14-26-18-12-10-17(22)11-13-18/h2-13H,14H2,1H3,(H,23,24). The normalized spacial score (nSPS) is 10.4. The largest absolute Gasteiger partial charge is 0.495 e. The fourth-order valence-electron chi connectivity index (χ4n) is 2.39. The molecule has 0 aliphatic heterocycles. The molecule has 0 heterocycles. The van der Waals surface area contributed by atoms with Crippen LogP contribution in [0.5, 0.6) is 5.75 Å². The number of carbonyl (C=O) groups is 1. The van der Waals surface area contributed by atoms with E-state index in [4.69, 9.17) is 16.3 Å². The van der Waals surface area contributed by atoms with Crippen LogP contribution in [-0.4, -0.2) is 13.0 Å². The Morgan fingerprint density at radius 2 is 1.69 bits per heavy atom. The maximum atomic E-state index is 12.4. The van der Waals surface area contributed by atoms with E-state index in [1.165, 1.54) is 0 Å². The van der Waals surface area contributed by atoms with Crippen molar-refractivity contribution in [3.8, 4) is 5.75 Å². The number of carbonyl (C=O) groups excluding carboxylic acids is 1. The summed E-state index contributed by atoms with van der Waals surface area (Å²) in [7, 11) is 1.58. The summed E-state index contributed by atoms with van der Waals surface area (Å²) in [5, 5.41) is 3.61. The average Bonchev–Trinajstić information content (AvgIpc) is 2.68. The lowest BCUT2D eigenvalue weighted by atomic mass is 10.1. The Hall–Kier alpha value is -2.43. The van der Waals surface area contributed by atoms with Crippen LogP contribution in [-0.2, 0) is 5.75 Å². The highest BCUT2D eigenvalue weighted by atomic mass is 35.5. The van der Waals surface area contributed by atoms with E-state index >= 15 is 0 Å². The Morgan fingerprint density at radius 1 is 1.00 bits per heavy atom. The Balaban J connectivity index is 1.61. The van der Waals surface area contributed by atoms with Gasteiger partial charge in [-0.05, 0) is 54.1 Å². The van der Waals surface area contributed by atoms with Gasteiger partial charge in [-0.3, -0.25) is 4.79 Å². The zero-order valence-corrected chi connectivity index (χ0v) is 15.8. The Labute approximate surface area is 162 Å².